The molecule has 2 aromatic rings. The van der Waals surface area contributed by atoms with E-state index in [1.54, 1.807) is 23.8 Å². The zero-order chi connectivity index (χ0) is 17.1. The van der Waals surface area contributed by atoms with Crippen molar-refractivity contribution in [1.82, 2.24) is 20.1 Å². The highest BCUT2D eigenvalue weighted by Gasteiger charge is 2.32. The third-order valence-corrected chi connectivity index (χ3v) is 4.96. The summed E-state index contributed by atoms with van der Waals surface area (Å²) in [5.41, 5.74) is 2.05. The fourth-order valence-electron chi connectivity index (χ4n) is 2.88. The predicted octanol–water partition coefficient (Wildman–Crippen LogP) is 1.46. The van der Waals surface area contributed by atoms with E-state index in [-0.39, 0.29) is 12.0 Å². The molecule has 1 aliphatic heterocycles. The van der Waals surface area contributed by atoms with Crippen LogP contribution in [0.2, 0.25) is 0 Å². The van der Waals surface area contributed by atoms with Gasteiger partial charge in [0, 0.05) is 31.9 Å². The molecule has 0 aromatic carbocycles. The molecular formula is C16H20N6O2S. The highest BCUT2D eigenvalue weighted by molar-refractivity contribution is 7.13. The topological polar surface area (TPSA) is 92.3 Å². The first-order valence-electron chi connectivity index (χ1n) is 8.41. The minimum atomic E-state index is -0.244. The minimum absolute atomic E-state index is 0.177. The number of hydrogen-bond donors (Lipinski definition) is 2. The molecule has 9 heteroatoms. The second-order valence-corrected chi connectivity index (χ2v) is 7.06. The van der Waals surface area contributed by atoms with Gasteiger partial charge in [0.2, 0.25) is 5.13 Å². The molecule has 2 aliphatic rings. The van der Waals surface area contributed by atoms with Gasteiger partial charge in [-0.05, 0) is 25.0 Å². The number of ether oxygens (including phenoxy) is 1. The van der Waals surface area contributed by atoms with Gasteiger partial charge in [0.15, 0.2) is 0 Å². The average molecular weight is 360 g/mol. The number of carbonyl (C=O) groups excluding carboxylic acids is 1. The van der Waals surface area contributed by atoms with Gasteiger partial charge < -0.3 is 10.1 Å². The third kappa shape index (κ3) is 4.30. The van der Waals surface area contributed by atoms with E-state index in [1.807, 2.05) is 0 Å². The van der Waals surface area contributed by atoms with E-state index in [4.69, 9.17) is 4.74 Å². The van der Waals surface area contributed by atoms with Crippen molar-refractivity contribution in [2.75, 3.05) is 36.9 Å². The third-order valence-electron chi connectivity index (χ3n) is 4.35. The number of amides is 1. The number of nitrogens with zero attached hydrogens (tertiary/aromatic N) is 4. The fourth-order valence-corrected chi connectivity index (χ4v) is 3.32. The summed E-state index contributed by atoms with van der Waals surface area (Å²) in [6, 6.07) is 4.32. The number of morpholine rings is 1. The van der Waals surface area contributed by atoms with E-state index in [1.165, 1.54) is 24.2 Å². The van der Waals surface area contributed by atoms with Crippen LogP contribution in [0.3, 0.4) is 0 Å². The lowest BCUT2D eigenvalue weighted by Crippen LogP contribution is -2.46. The molecule has 2 N–H and O–H groups in total. The molecule has 8 nitrogen and oxygen atoms in total. The summed E-state index contributed by atoms with van der Waals surface area (Å²) in [4.78, 5) is 18.9. The Kier molecular flexibility index (Phi) is 4.86. The summed E-state index contributed by atoms with van der Waals surface area (Å²) in [5.74, 6) is 0.492. The lowest BCUT2D eigenvalue weighted by atomic mass is 10.2. The largest absolute Gasteiger partial charge is 0.374 e. The standard InChI is InChI=1S/C16H20N6O2S/c23-15(20-16-21-19-10-25-16)11-1-4-14(17-7-11)18-8-13-9-22(5-6-24-13)12-2-3-12/h1,4,7,10,12-13H,2-3,5-6,8-9H2,(H,17,18)(H,20,21,23). The molecule has 1 unspecified atom stereocenters. The van der Waals surface area contributed by atoms with Gasteiger partial charge in [-0.3, -0.25) is 15.0 Å². The number of aromatic nitrogens is 3. The van der Waals surface area contributed by atoms with Crippen LogP contribution >= 0.6 is 11.3 Å². The van der Waals surface area contributed by atoms with Crippen molar-refractivity contribution in [3.8, 4) is 0 Å². The summed E-state index contributed by atoms with van der Waals surface area (Å²) in [6.45, 7) is 3.52. The zero-order valence-corrected chi connectivity index (χ0v) is 14.5. The summed E-state index contributed by atoms with van der Waals surface area (Å²) in [7, 11) is 0. The van der Waals surface area contributed by atoms with Crippen molar-refractivity contribution in [1.29, 1.82) is 0 Å². The second kappa shape index (κ2) is 7.42. The van der Waals surface area contributed by atoms with Gasteiger partial charge in [-0.1, -0.05) is 11.3 Å². The van der Waals surface area contributed by atoms with Crippen LogP contribution in [-0.2, 0) is 4.74 Å². The molecular weight excluding hydrogens is 340 g/mol. The Morgan fingerprint density at radius 3 is 3.04 bits per heavy atom. The van der Waals surface area contributed by atoms with Gasteiger partial charge in [0.1, 0.15) is 11.3 Å². The number of rotatable bonds is 6. The maximum Gasteiger partial charge on any atom is 0.259 e. The van der Waals surface area contributed by atoms with Crippen LogP contribution < -0.4 is 10.6 Å². The predicted molar refractivity (Wildman–Crippen MR) is 94.9 cm³/mol. The average Bonchev–Trinajstić information content (AvgIpc) is 3.38. The molecule has 3 heterocycles. The molecule has 0 bridgehead atoms. The van der Waals surface area contributed by atoms with Crippen LogP contribution in [0.5, 0.6) is 0 Å². The molecule has 0 radical (unpaired) electrons. The van der Waals surface area contributed by atoms with E-state index >= 15 is 0 Å². The Balaban J connectivity index is 1.27. The Bertz CT molecular complexity index is 704. The van der Waals surface area contributed by atoms with Crippen LogP contribution in [0.25, 0.3) is 0 Å². The van der Waals surface area contributed by atoms with Crippen molar-refractivity contribution >= 4 is 28.2 Å². The van der Waals surface area contributed by atoms with Gasteiger partial charge in [-0.2, -0.15) is 0 Å². The van der Waals surface area contributed by atoms with E-state index < -0.39 is 0 Å². The SMILES string of the molecule is O=C(Nc1nncs1)c1ccc(NCC2CN(C3CC3)CCO2)nc1. The minimum Gasteiger partial charge on any atom is -0.374 e. The zero-order valence-electron chi connectivity index (χ0n) is 13.7. The van der Waals surface area contributed by atoms with Crippen molar-refractivity contribution in [2.45, 2.75) is 25.0 Å². The Morgan fingerprint density at radius 2 is 2.32 bits per heavy atom. The lowest BCUT2D eigenvalue weighted by Gasteiger charge is -2.33. The van der Waals surface area contributed by atoms with Crippen LogP contribution in [0.4, 0.5) is 10.9 Å². The maximum atomic E-state index is 12.1. The second-order valence-electron chi connectivity index (χ2n) is 6.23. The van der Waals surface area contributed by atoms with Crippen LogP contribution in [0.1, 0.15) is 23.2 Å². The quantitative estimate of drug-likeness (QED) is 0.806. The normalized spacial score (nSPS) is 21.0. The highest BCUT2D eigenvalue weighted by atomic mass is 32.1. The monoisotopic (exact) mass is 360 g/mol. The van der Waals surface area contributed by atoms with Gasteiger partial charge in [0.25, 0.3) is 5.91 Å². The summed E-state index contributed by atoms with van der Waals surface area (Å²) in [6.07, 6.45) is 4.37. The first kappa shape index (κ1) is 16.4. The van der Waals surface area contributed by atoms with Crippen molar-refractivity contribution in [2.24, 2.45) is 0 Å². The molecule has 132 valence electrons. The molecule has 2 aromatic heterocycles. The van der Waals surface area contributed by atoms with E-state index in [0.717, 1.165) is 31.6 Å². The number of nitrogens with one attached hydrogen (secondary N) is 2. The lowest BCUT2D eigenvalue weighted by molar-refractivity contribution is -0.0241. The van der Waals surface area contributed by atoms with Crippen LogP contribution in [-0.4, -0.2) is 64.4 Å². The van der Waals surface area contributed by atoms with E-state index in [9.17, 15) is 4.79 Å². The van der Waals surface area contributed by atoms with Crippen molar-refractivity contribution in [3.63, 3.8) is 0 Å². The van der Waals surface area contributed by atoms with Crippen LogP contribution in [0.15, 0.2) is 23.8 Å². The van der Waals surface area contributed by atoms with E-state index in [0.29, 0.717) is 17.2 Å². The molecule has 1 saturated carbocycles. The van der Waals surface area contributed by atoms with Crippen LogP contribution in [0, 0.1) is 0 Å². The van der Waals surface area contributed by atoms with Crippen molar-refractivity contribution in [3.05, 3.63) is 29.4 Å². The number of pyridine rings is 1. The van der Waals surface area contributed by atoms with Crippen molar-refractivity contribution < 1.29 is 9.53 Å². The van der Waals surface area contributed by atoms with Gasteiger partial charge in [-0.15, -0.1) is 10.2 Å². The number of anilines is 2. The van der Waals surface area contributed by atoms with Gasteiger partial charge in [-0.25, -0.2) is 4.98 Å². The summed E-state index contributed by atoms with van der Waals surface area (Å²) in [5, 5.41) is 13.9. The smallest absolute Gasteiger partial charge is 0.259 e. The molecule has 4 rings (SSSR count). The van der Waals surface area contributed by atoms with Gasteiger partial charge >= 0.3 is 0 Å². The molecule has 1 saturated heterocycles. The highest BCUT2D eigenvalue weighted by Crippen LogP contribution is 2.28. The number of carbonyl (C=O) groups is 1. The van der Waals surface area contributed by atoms with Gasteiger partial charge in [0.05, 0.1) is 18.3 Å². The summed E-state index contributed by atoms with van der Waals surface area (Å²) >= 11 is 1.27. The number of hydrogen-bond acceptors (Lipinski definition) is 8. The molecule has 2 fully saturated rings. The fraction of sp³-hybridized carbons (Fsp3) is 0.500. The first-order valence-corrected chi connectivity index (χ1v) is 9.29. The molecule has 25 heavy (non-hydrogen) atoms. The maximum absolute atomic E-state index is 12.1. The van der Waals surface area contributed by atoms with E-state index in [2.05, 4.69) is 30.7 Å². The first-order chi connectivity index (χ1) is 12.3. The Morgan fingerprint density at radius 1 is 1.40 bits per heavy atom. The Labute approximate surface area is 149 Å². The molecule has 0 spiro atoms. The molecule has 1 amide bonds. The summed E-state index contributed by atoms with van der Waals surface area (Å²) < 4.78 is 5.82. The molecule has 1 aliphatic carbocycles. The Hall–Kier alpha value is -2.10. The molecule has 1 atom stereocenters.